The number of Topliss-reactive ketones (excluding diaryl/α,β-unsaturated/α-hetero) is 1. The lowest BCUT2D eigenvalue weighted by molar-refractivity contribution is -0.132. The topological polar surface area (TPSA) is 111 Å². The van der Waals surface area contributed by atoms with E-state index in [4.69, 9.17) is 25.8 Å². The highest BCUT2D eigenvalue weighted by molar-refractivity contribution is 8.00. The van der Waals surface area contributed by atoms with Crippen molar-refractivity contribution in [3.05, 3.63) is 124 Å². The number of carbonyl (C=O) groups excluding carboxylic acids is 2. The second-order valence-corrected chi connectivity index (χ2v) is 12.9. The second kappa shape index (κ2) is 12.9. The van der Waals surface area contributed by atoms with Crippen LogP contribution >= 0.6 is 34.7 Å². The Bertz CT molecular complexity index is 1970. The molecule has 9 nitrogen and oxygen atoms in total. The molecule has 0 radical (unpaired) electrons. The number of thioether (sulfide) groups is 1. The van der Waals surface area contributed by atoms with E-state index in [1.165, 1.54) is 28.0 Å². The summed E-state index contributed by atoms with van der Waals surface area (Å²) in [6.07, 6.45) is 0. The number of ether oxygens (including phenoxy) is 3. The van der Waals surface area contributed by atoms with Crippen LogP contribution in [0.15, 0.2) is 107 Å². The fourth-order valence-corrected chi connectivity index (χ4v) is 7.10. The molecule has 2 aliphatic rings. The van der Waals surface area contributed by atoms with Crippen molar-refractivity contribution in [1.29, 1.82) is 0 Å². The highest BCUT2D eigenvalue weighted by atomic mass is 35.5. The zero-order chi connectivity index (χ0) is 31.6. The number of rotatable bonds is 8. The molecule has 46 heavy (non-hydrogen) atoms. The van der Waals surface area contributed by atoms with Gasteiger partial charge in [0.15, 0.2) is 15.8 Å². The van der Waals surface area contributed by atoms with Crippen molar-refractivity contribution in [3.8, 4) is 23.0 Å². The molecule has 1 fully saturated rings. The number of aromatic nitrogens is 2. The van der Waals surface area contributed by atoms with Crippen molar-refractivity contribution in [1.82, 2.24) is 10.2 Å². The highest BCUT2D eigenvalue weighted by Gasteiger charge is 2.48. The zero-order valence-electron chi connectivity index (χ0n) is 24.0. The lowest BCUT2D eigenvalue weighted by atomic mass is 9.95. The number of carbonyl (C=O) groups is 2. The predicted octanol–water partition coefficient (Wildman–Crippen LogP) is 7.67. The van der Waals surface area contributed by atoms with Crippen LogP contribution in [0.1, 0.15) is 22.7 Å². The molecule has 4 aromatic carbocycles. The number of anilines is 1. The van der Waals surface area contributed by atoms with E-state index in [0.29, 0.717) is 62.5 Å². The predicted molar refractivity (Wildman–Crippen MR) is 176 cm³/mol. The standard InChI is InChI=1S/C34H24ClN3O6S2/c35-23-12-9-20(10-13-23)19-45-34-37-36-33(46-34)38-29(21-5-4-8-25(17-21)44-24-6-2-1-3-7-24)28(31(40)32(38)41)30(39)22-11-14-26-27(18-22)43-16-15-42-26/h1-14,17-18,29,39H,15-16,19H2/b30-28+. The van der Waals surface area contributed by atoms with Crippen LogP contribution in [0.25, 0.3) is 5.76 Å². The summed E-state index contributed by atoms with van der Waals surface area (Å²) in [5.41, 5.74) is 1.79. The third kappa shape index (κ3) is 6.04. The number of aliphatic hydroxyl groups is 1. The van der Waals surface area contributed by atoms with E-state index in [1.807, 2.05) is 54.6 Å². The summed E-state index contributed by atoms with van der Waals surface area (Å²) >= 11 is 8.65. The van der Waals surface area contributed by atoms with Gasteiger partial charge in [0.25, 0.3) is 5.78 Å². The largest absolute Gasteiger partial charge is 0.507 e. The van der Waals surface area contributed by atoms with E-state index >= 15 is 0 Å². The van der Waals surface area contributed by atoms with Gasteiger partial charge in [0.1, 0.15) is 30.5 Å². The van der Waals surface area contributed by atoms with E-state index in [0.717, 1.165) is 5.56 Å². The first kappa shape index (κ1) is 29.8. The summed E-state index contributed by atoms with van der Waals surface area (Å²) in [7, 11) is 0. The maximum Gasteiger partial charge on any atom is 0.301 e. The Hall–Kier alpha value is -4.84. The van der Waals surface area contributed by atoms with Gasteiger partial charge in [-0.15, -0.1) is 10.2 Å². The Morgan fingerprint density at radius 3 is 2.48 bits per heavy atom. The number of aliphatic hydroxyl groups excluding tert-OH is 1. The molecule has 3 heterocycles. The van der Waals surface area contributed by atoms with Crippen LogP contribution in [-0.4, -0.2) is 40.2 Å². The molecule has 0 aliphatic carbocycles. The molecule has 0 saturated carbocycles. The van der Waals surface area contributed by atoms with E-state index in [9.17, 15) is 14.7 Å². The van der Waals surface area contributed by atoms with Gasteiger partial charge in [0.05, 0.1) is 11.6 Å². The second-order valence-electron chi connectivity index (χ2n) is 10.3. The summed E-state index contributed by atoms with van der Waals surface area (Å²) < 4.78 is 18.0. The molecule has 1 unspecified atom stereocenters. The Morgan fingerprint density at radius 2 is 1.67 bits per heavy atom. The molecule has 1 amide bonds. The van der Waals surface area contributed by atoms with Crippen LogP contribution < -0.4 is 19.1 Å². The molecule has 0 spiro atoms. The average Bonchev–Trinajstić information content (AvgIpc) is 3.66. The van der Waals surface area contributed by atoms with Gasteiger partial charge in [0, 0.05) is 16.3 Å². The van der Waals surface area contributed by atoms with Crippen molar-refractivity contribution in [2.45, 2.75) is 16.1 Å². The molecule has 7 rings (SSSR count). The Labute approximate surface area is 277 Å². The number of hydrogen-bond acceptors (Lipinski definition) is 10. The number of halogens is 1. The fraction of sp³-hybridized carbons (Fsp3) is 0.118. The van der Waals surface area contributed by atoms with E-state index in [-0.39, 0.29) is 16.5 Å². The quantitative estimate of drug-likeness (QED) is 0.0585. The number of ketones is 1. The van der Waals surface area contributed by atoms with Crippen molar-refractivity contribution >= 4 is 57.3 Å². The molecular weight excluding hydrogens is 646 g/mol. The smallest absolute Gasteiger partial charge is 0.301 e. The van der Waals surface area contributed by atoms with Crippen LogP contribution in [-0.2, 0) is 15.3 Å². The van der Waals surface area contributed by atoms with E-state index in [2.05, 4.69) is 10.2 Å². The maximum absolute atomic E-state index is 13.7. The van der Waals surface area contributed by atoms with Crippen molar-refractivity contribution in [3.63, 3.8) is 0 Å². The molecule has 5 aromatic rings. The first-order chi connectivity index (χ1) is 22.4. The van der Waals surface area contributed by atoms with Gasteiger partial charge < -0.3 is 19.3 Å². The Balaban J connectivity index is 1.28. The molecule has 1 saturated heterocycles. The average molecular weight is 670 g/mol. The molecule has 1 atom stereocenters. The molecule has 1 aromatic heterocycles. The number of nitrogens with zero attached hydrogens (tertiary/aromatic N) is 3. The minimum atomic E-state index is -1.02. The van der Waals surface area contributed by atoms with Crippen LogP contribution in [0.5, 0.6) is 23.0 Å². The van der Waals surface area contributed by atoms with Crippen LogP contribution in [0.4, 0.5) is 5.13 Å². The third-order valence-electron chi connectivity index (χ3n) is 7.29. The SMILES string of the molecule is O=C1C(=O)N(c2nnc(SCc3ccc(Cl)cc3)s2)C(c2cccc(Oc3ccccc3)c2)/C1=C(\O)c1ccc2c(c1)OCCO2. The van der Waals surface area contributed by atoms with Gasteiger partial charge >= 0.3 is 5.91 Å². The van der Waals surface area contributed by atoms with Crippen LogP contribution in [0.3, 0.4) is 0 Å². The van der Waals surface area contributed by atoms with Gasteiger partial charge in [-0.1, -0.05) is 77.2 Å². The molecular formula is C34H24ClN3O6S2. The van der Waals surface area contributed by atoms with Crippen LogP contribution in [0, 0.1) is 0 Å². The van der Waals surface area contributed by atoms with Crippen molar-refractivity contribution < 1.29 is 28.9 Å². The normalized spacial score (nSPS) is 16.9. The van der Waals surface area contributed by atoms with Gasteiger partial charge in [-0.3, -0.25) is 14.5 Å². The third-order valence-corrected chi connectivity index (χ3v) is 9.67. The summed E-state index contributed by atoms with van der Waals surface area (Å²) in [6.45, 7) is 0.762. The minimum absolute atomic E-state index is 0.0934. The fourth-order valence-electron chi connectivity index (χ4n) is 5.15. The van der Waals surface area contributed by atoms with Gasteiger partial charge in [0.2, 0.25) is 5.13 Å². The molecule has 1 N–H and O–H groups in total. The number of hydrogen-bond donors (Lipinski definition) is 1. The lowest BCUT2D eigenvalue weighted by Crippen LogP contribution is -2.29. The zero-order valence-corrected chi connectivity index (χ0v) is 26.3. The van der Waals surface area contributed by atoms with Gasteiger partial charge in [-0.2, -0.15) is 0 Å². The Morgan fingerprint density at radius 1 is 0.913 bits per heavy atom. The number of amides is 1. The number of para-hydroxylation sites is 1. The first-order valence-electron chi connectivity index (χ1n) is 14.2. The maximum atomic E-state index is 13.7. The minimum Gasteiger partial charge on any atom is -0.507 e. The van der Waals surface area contributed by atoms with Gasteiger partial charge in [-0.25, -0.2) is 0 Å². The molecule has 12 heteroatoms. The van der Waals surface area contributed by atoms with Gasteiger partial charge in [-0.05, 0) is 65.7 Å². The first-order valence-corrected chi connectivity index (χ1v) is 16.4. The van der Waals surface area contributed by atoms with E-state index in [1.54, 1.807) is 42.5 Å². The monoisotopic (exact) mass is 669 g/mol. The molecule has 230 valence electrons. The Kier molecular flexibility index (Phi) is 8.35. The lowest BCUT2D eigenvalue weighted by Gasteiger charge is -2.23. The highest BCUT2D eigenvalue weighted by Crippen LogP contribution is 2.45. The number of benzene rings is 4. The van der Waals surface area contributed by atoms with Crippen molar-refractivity contribution in [2.24, 2.45) is 0 Å². The van der Waals surface area contributed by atoms with Crippen molar-refractivity contribution in [2.75, 3.05) is 18.1 Å². The number of fused-ring (bicyclic) bond motifs is 1. The van der Waals surface area contributed by atoms with Crippen LogP contribution in [0.2, 0.25) is 5.02 Å². The molecule has 0 bridgehead atoms. The summed E-state index contributed by atoms with van der Waals surface area (Å²) in [6, 6.07) is 27.7. The van der Waals surface area contributed by atoms with E-state index < -0.39 is 17.7 Å². The summed E-state index contributed by atoms with van der Waals surface area (Å²) in [5.74, 6) is 0.660. The summed E-state index contributed by atoms with van der Waals surface area (Å²) in [5, 5.41) is 21.1. The summed E-state index contributed by atoms with van der Waals surface area (Å²) in [4.78, 5) is 28.8. The molecule has 2 aliphatic heterocycles.